The van der Waals surface area contributed by atoms with Gasteiger partial charge in [-0.2, -0.15) is 4.98 Å². The van der Waals surface area contributed by atoms with Crippen LogP contribution in [0.15, 0.2) is 4.52 Å². The molecule has 1 rings (SSSR count). The molecule has 1 heterocycles. The van der Waals surface area contributed by atoms with Crippen LogP contribution in [0.1, 0.15) is 38.6 Å². The zero-order valence-corrected chi connectivity index (χ0v) is 9.93. The summed E-state index contributed by atoms with van der Waals surface area (Å²) in [5.41, 5.74) is 4.39. The fourth-order valence-corrected chi connectivity index (χ4v) is 1.23. The number of nitrogens with zero attached hydrogens (tertiary/aromatic N) is 2. The van der Waals surface area contributed by atoms with E-state index in [1.54, 1.807) is 6.92 Å². The highest BCUT2D eigenvalue weighted by Crippen LogP contribution is 2.15. The summed E-state index contributed by atoms with van der Waals surface area (Å²) in [6.45, 7) is 6.11. The Kier molecular flexibility index (Phi) is 4.40. The van der Waals surface area contributed by atoms with Gasteiger partial charge in [0.2, 0.25) is 5.89 Å². The number of ether oxygens (including phenoxy) is 1. The minimum Gasteiger partial charge on any atom is -0.388 e. The number of hydrogen-bond donors (Lipinski definition) is 2. The number of aliphatic hydroxyl groups is 1. The second-order valence-corrected chi connectivity index (χ2v) is 4.02. The Hall–Kier alpha value is -0.980. The molecule has 0 saturated carbocycles. The molecule has 0 amide bonds. The van der Waals surface area contributed by atoms with Gasteiger partial charge in [-0.1, -0.05) is 5.16 Å². The van der Waals surface area contributed by atoms with Gasteiger partial charge in [0.25, 0.3) is 0 Å². The molecule has 0 aliphatic rings. The van der Waals surface area contributed by atoms with Gasteiger partial charge >= 0.3 is 0 Å². The Morgan fingerprint density at radius 2 is 2.31 bits per heavy atom. The molecule has 0 saturated heterocycles. The van der Waals surface area contributed by atoms with Crippen molar-refractivity contribution in [2.24, 2.45) is 5.73 Å². The van der Waals surface area contributed by atoms with Crippen LogP contribution in [0.25, 0.3) is 0 Å². The third-order valence-electron chi connectivity index (χ3n) is 2.24. The van der Waals surface area contributed by atoms with Gasteiger partial charge in [0, 0.05) is 13.2 Å². The Bertz CT molecular complexity index is 325. The highest BCUT2D eigenvalue weighted by atomic mass is 16.5. The van der Waals surface area contributed by atoms with E-state index in [4.69, 9.17) is 15.0 Å². The van der Waals surface area contributed by atoms with Gasteiger partial charge < -0.3 is 20.1 Å². The van der Waals surface area contributed by atoms with E-state index in [0.29, 0.717) is 18.3 Å². The lowest BCUT2D eigenvalue weighted by atomic mass is 10.0. The molecular formula is C10H19N3O3. The van der Waals surface area contributed by atoms with Crippen LogP contribution in [-0.4, -0.2) is 34.0 Å². The maximum Gasteiger partial charge on any atom is 0.229 e. The van der Waals surface area contributed by atoms with Crippen molar-refractivity contribution in [1.82, 2.24) is 10.1 Å². The maximum absolute atomic E-state index is 9.74. The van der Waals surface area contributed by atoms with E-state index in [0.717, 1.165) is 0 Å². The van der Waals surface area contributed by atoms with Gasteiger partial charge in [0.05, 0.1) is 12.0 Å². The average molecular weight is 229 g/mol. The van der Waals surface area contributed by atoms with Crippen molar-refractivity contribution in [1.29, 1.82) is 0 Å². The number of hydrogen-bond acceptors (Lipinski definition) is 6. The summed E-state index contributed by atoms with van der Waals surface area (Å²) in [7, 11) is 0. The van der Waals surface area contributed by atoms with Crippen LogP contribution in [0.3, 0.4) is 0 Å². The van der Waals surface area contributed by atoms with Crippen molar-refractivity contribution >= 4 is 0 Å². The summed E-state index contributed by atoms with van der Waals surface area (Å²) in [6, 6.07) is 0. The number of nitrogens with two attached hydrogens (primary N) is 1. The fourth-order valence-electron chi connectivity index (χ4n) is 1.23. The first-order valence-corrected chi connectivity index (χ1v) is 5.35. The molecule has 0 aromatic carbocycles. The van der Waals surface area contributed by atoms with Gasteiger partial charge in [0.1, 0.15) is 6.10 Å². The summed E-state index contributed by atoms with van der Waals surface area (Å²) in [6.07, 6.45) is 0.0420. The molecule has 0 bridgehead atoms. The molecular weight excluding hydrogens is 210 g/mol. The van der Waals surface area contributed by atoms with Crippen LogP contribution in [-0.2, 0) is 11.2 Å². The normalized spacial score (nSPS) is 17.1. The first-order chi connectivity index (χ1) is 7.48. The third kappa shape index (κ3) is 3.55. The number of rotatable bonds is 6. The summed E-state index contributed by atoms with van der Waals surface area (Å²) in [5, 5.41) is 13.5. The van der Waals surface area contributed by atoms with Gasteiger partial charge in [0.15, 0.2) is 5.82 Å². The highest BCUT2D eigenvalue weighted by molar-refractivity contribution is 4.94. The van der Waals surface area contributed by atoms with E-state index in [1.807, 2.05) is 13.8 Å². The molecule has 0 radical (unpaired) electrons. The number of aromatic nitrogens is 2. The third-order valence-corrected chi connectivity index (χ3v) is 2.24. The van der Waals surface area contributed by atoms with Crippen molar-refractivity contribution in [2.75, 3.05) is 13.2 Å². The van der Waals surface area contributed by atoms with E-state index in [2.05, 4.69) is 10.1 Å². The Morgan fingerprint density at radius 3 is 2.88 bits per heavy atom. The van der Waals surface area contributed by atoms with Gasteiger partial charge in [-0.3, -0.25) is 0 Å². The monoisotopic (exact) mass is 229 g/mol. The Labute approximate surface area is 94.8 Å². The standard InChI is InChI=1S/C10H19N3O3/c1-4-15-7(2)9-12-8(16-13-9)5-10(3,14)6-11/h7,14H,4-6,11H2,1-3H3. The van der Waals surface area contributed by atoms with Gasteiger partial charge in [-0.05, 0) is 20.8 Å². The topological polar surface area (TPSA) is 94.4 Å². The zero-order chi connectivity index (χ0) is 12.2. The van der Waals surface area contributed by atoms with Crippen molar-refractivity contribution < 1.29 is 14.4 Å². The van der Waals surface area contributed by atoms with E-state index >= 15 is 0 Å². The molecule has 92 valence electrons. The summed E-state index contributed by atoms with van der Waals surface area (Å²) in [5.74, 6) is 0.863. The van der Waals surface area contributed by atoms with Gasteiger partial charge in [-0.25, -0.2) is 0 Å². The maximum atomic E-state index is 9.74. The lowest BCUT2D eigenvalue weighted by Crippen LogP contribution is -2.36. The van der Waals surface area contributed by atoms with Crippen molar-refractivity contribution in [3.05, 3.63) is 11.7 Å². The second kappa shape index (κ2) is 5.38. The largest absolute Gasteiger partial charge is 0.388 e. The van der Waals surface area contributed by atoms with Gasteiger partial charge in [-0.15, -0.1) is 0 Å². The molecule has 0 aliphatic heterocycles. The van der Waals surface area contributed by atoms with E-state index < -0.39 is 5.60 Å². The first kappa shape index (κ1) is 13.1. The highest BCUT2D eigenvalue weighted by Gasteiger charge is 2.23. The summed E-state index contributed by atoms with van der Waals surface area (Å²) in [4.78, 5) is 4.14. The molecule has 1 aromatic rings. The predicted octanol–water partition coefficient (Wildman–Crippen LogP) is 0.419. The molecule has 6 heteroatoms. The molecule has 6 nitrogen and oxygen atoms in total. The quantitative estimate of drug-likeness (QED) is 0.734. The van der Waals surface area contributed by atoms with Crippen molar-refractivity contribution in [3.8, 4) is 0 Å². The molecule has 0 aliphatic carbocycles. The smallest absolute Gasteiger partial charge is 0.229 e. The molecule has 0 fully saturated rings. The lowest BCUT2D eigenvalue weighted by molar-refractivity contribution is 0.0609. The van der Waals surface area contributed by atoms with E-state index in [9.17, 15) is 5.11 Å². The van der Waals surface area contributed by atoms with E-state index in [-0.39, 0.29) is 19.1 Å². The molecule has 3 N–H and O–H groups in total. The van der Waals surface area contributed by atoms with Crippen molar-refractivity contribution in [3.63, 3.8) is 0 Å². The van der Waals surface area contributed by atoms with Crippen molar-refractivity contribution in [2.45, 2.75) is 38.9 Å². The summed E-state index contributed by atoms with van der Waals surface area (Å²) < 4.78 is 10.3. The Morgan fingerprint density at radius 1 is 1.62 bits per heavy atom. The van der Waals surface area contributed by atoms with E-state index in [1.165, 1.54) is 0 Å². The lowest BCUT2D eigenvalue weighted by Gasteiger charge is -2.17. The SMILES string of the molecule is CCOC(C)c1noc(CC(C)(O)CN)n1. The van der Waals surface area contributed by atoms with Crippen LogP contribution in [0, 0.1) is 0 Å². The predicted molar refractivity (Wildman–Crippen MR) is 57.7 cm³/mol. The zero-order valence-electron chi connectivity index (χ0n) is 9.93. The molecule has 2 unspecified atom stereocenters. The minimum absolute atomic E-state index is 0.145. The Balaban J connectivity index is 2.64. The van der Waals surface area contributed by atoms with Crippen LogP contribution in [0.5, 0.6) is 0 Å². The van der Waals surface area contributed by atoms with Crippen LogP contribution in [0.4, 0.5) is 0 Å². The van der Waals surface area contributed by atoms with Crippen LogP contribution < -0.4 is 5.73 Å². The van der Waals surface area contributed by atoms with Crippen LogP contribution >= 0.6 is 0 Å². The molecule has 1 aromatic heterocycles. The second-order valence-electron chi connectivity index (χ2n) is 4.02. The average Bonchev–Trinajstić information content (AvgIpc) is 2.66. The fraction of sp³-hybridized carbons (Fsp3) is 0.800. The molecule has 2 atom stereocenters. The first-order valence-electron chi connectivity index (χ1n) is 5.35. The summed E-state index contributed by atoms with van der Waals surface area (Å²) >= 11 is 0. The molecule has 16 heavy (non-hydrogen) atoms. The minimum atomic E-state index is -1.02. The molecule has 0 spiro atoms. The van der Waals surface area contributed by atoms with Crippen LogP contribution in [0.2, 0.25) is 0 Å².